The van der Waals surface area contributed by atoms with Gasteiger partial charge in [0.25, 0.3) is 0 Å². The summed E-state index contributed by atoms with van der Waals surface area (Å²) >= 11 is 0. The molecule has 0 aromatic carbocycles. The first kappa shape index (κ1) is 18.4. The smallest absolute Gasteiger partial charge is 0.302 e. The molecule has 19 heavy (non-hydrogen) atoms. The van der Waals surface area contributed by atoms with Crippen molar-refractivity contribution in [1.82, 2.24) is 0 Å². The van der Waals surface area contributed by atoms with Crippen LogP contribution in [0.15, 0.2) is 0 Å². The van der Waals surface area contributed by atoms with Crippen molar-refractivity contribution in [1.29, 1.82) is 0 Å². The summed E-state index contributed by atoms with van der Waals surface area (Å²) in [4.78, 5) is 10.8. The van der Waals surface area contributed by atoms with Gasteiger partial charge in [0.15, 0.2) is 0 Å². The van der Waals surface area contributed by atoms with E-state index in [2.05, 4.69) is 20.8 Å². The van der Waals surface area contributed by atoms with Crippen LogP contribution >= 0.6 is 0 Å². The van der Waals surface area contributed by atoms with Crippen LogP contribution in [-0.2, 0) is 9.53 Å². The van der Waals surface area contributed by atoms with Crippen molar-refractivity contribution >= 4 is 5.97 Å². The lowest BCUT2D eigenvalue weighted by molar-refractivity contribution is -0.145. The minimum absolute atomic E-state index is 0.00997. The van der Waals surface area contributed by atoms with Crippen molar-refractivity contribution in [3.8, 4) is 0 Å². The van der Waals surface area contributed by atoms with E-state index in [0.717, 1.165) is 32.1 Å². The third-order valence-electron chi connectivity index (χ3n) is 4.02. The SMILES string of the molecule is CCCC(CCO)C(C)(C)CCCC(C)OC(C)=O. The fourth-order valence-electron chi connectivity index (χ4n) is 2.82. The van der Waals surface area contributed by atoms with E-state index in [1.165, 1.54) is 13.3 Å². The van der Waals surface area contributed by atoms with E-state index in [0.29, 0.717) is 5.92 Å². The zero-order chi connectivity index (χ0) is 14.9. The van der Waals surface area contributed by atoms with Crippen LogP contribution in [0.3, 0.4) is 0 Å². The molecule has 0 aliphatic rings. The maximum atomic E-state index is 10.8. The lowest BCUT2D eigenvalue weighted by Gasteiger charge is -2.34. The summed E-state index contributed by atoms with van der Waals surface area (Å²) in [6.07, 6.45) is 6.33. The Hall–Kier alpha value is -0.570. The first-order valence-corrected chi connectivity index (χ1v) is 7.61. The van der Waals surface area contributed by atoms with Gasteiger partial charge in [-0.15, -0.1) is 0 Å². The normalized spacial score (nSPS) is 15.1. The molecule has 2 atom stereocenters. The van der Waals surface area contributed by atoms with Crippen molar-refractivity contribution in [2.45, 2.75) is 79.2 Å². The second kappa shape index (κ2) is 9.35. The van der Waals surface area contributed by atoms with Crippen molar-refractivity contribution < 1.29 is 14.6 Å². The molecule has 0 bridgehead atoms. The van der Waals surface area contributed by atoms with Gasteiger partial charge in [0.05, 0.1) is 6.10 Å². The first-order valence-electron chi connectivity index (χ1n) is 7.61. The second-order valence-electron chi connectivity index (χ2n) is 6.30. The number of rotatable bonds is 10. The Morgan fingerprint density at radius 3 is 2.37 bits per heavy atom. The second-order valence-corrected chi connectivity index (χ2v) is 6.30. The van der Waals surface area contributed by atoms with Gasteiger partial charge >= 0.3 is 5.97 Å². The molecule has 0 heterocycles. The van der Waals surface area contributed by atoms with Crippen LogP contribution in [-0.4, -0.2) is 23.8 Å². The molecule has 0 aliphatic heterocycles. The van der Waals surface area contributed by atoms with Gasteiger partial charge in [0, 0.05) is 13.5 Å². The number of aliphatic hydroxyl groups excluding tert-OH is 1. The summed E-state index contributed by atoms with van der Waals surface area (Å²) in [5, 5.41) is 9.18. The Morgan fingerprint density at radius 2 is 1.89 bits per heavy atom. The van der Waals surface area contributed by atoms with Crippen LogP contribution < -0.4 is 0 Å². The maximum absolute atomic E-state index is 10.8. The van der Waals surface area contributed by atoms with Gasteiger partial charge in [-0.3, -0.25) is 4.79 Å². The Morgan fingerprint density at radius 1 is 1.26 bits per heavy atom. The van der Waals surface area contributed by atoms with Gasteiger partial charge in [-0.2, -0.15) is 0 Å². The van der Waals surface area contributed by atoms with E-state index >= 15 is 0 Å². The van der Waals surface area contributed by atoms with E-state index in [1.807, 2.05) is 6.92 Å². The zero-order valence-electron chi connectivity index (χ0n) is 13.4. The molecule has 0 spiro atoms. The third-order valence-corrected chi connectivity index (χ3v) is 4.02. The van der Waals surface area contributed by atoms with Crippen LogP contribution in [0.5, 0.6) is 0 Å². The van der Waals surface area contributed by atoms with Crippen molar-refractivity contribution in [3.63, 3.8) is 0 Å². The quantitative estimate of drug-likeness (QED) is 0.613. The van der Waals surface area contributed by atoms with Crippen LogP contribution in [0.25, 0.3) is 0 Å². The molecule has 114 valence electrons. The summed E-state index contributed by atoms with van der Waals surface area (Å²) in [5.74, 6) is 0.377. The third kappa shape index (κ3) is 8.25. The Kier molecular flexibility index (Phi) is 9.07. The van der Waals surface area contributed by atoms with Crippen molar-refractivity contribution in [3.05, 3.63) is 0 Å². The standard InChI is InChI=1S/C16H32O3/c1-6-8-15(10-12-17)16(4,5)11-7-9-13(2)19-14(3)18/h13,15,17H,6-12H2,1-5H3. The highest BCUT2D eigenvalue weighted by atomic mass is 16.5. The number of carbonyl (C=O) groups is 1. The van der Waals surface area contributed by atoms with Crippen LogP contribution in [0.2, 0.25) is 0 Å². The van der Waals surface area contributed by atoms with Crippen LogP contribution in [0.4, 0.5) is 0 Å². The maximum Gasteiger partial charge on any atom is 0.302 e. The van der Waals surface area contributed by atoms with Crippen molar-refractivity contribution in [2.75, 3.05) is 6.61 Å². The molecule has 3 heteroatoms. The highest BCUT2D eigenvalue weighted by Crippen LogP contribution is 2.37. The average Bonchev–Trinajstić information content (AvgIpc) is 2.27. The summed E-state index contributed by atoms with van der Waals surface area (Å²) < 4.78 is 5.14. The molecule has 0 rings (SSSR count). The molecule has 0 aromatic heterocycles. The van der Waals surface area contributed by atoms with Gasteiger partial charge < -0.3 is 9.84 Å². The minimum Gasteiger partial charge on any atom is -0.463 e. The molecule has 0 aromatic rings. The predicted octanol–water partition coefficient (Wildman–Crippen LogP) is 3.93. The van der Waals surface area contributed by atoms with E-state index in [9.17, 15) is 9.90 Å². The molecular weight excluding hydrogens is 240 g/mol. The van der Waals surface area contributed by atoms with E-state index < -0.39 is 0 Å². The van der Waals surface area contributed by atoms with Gasteiger partial charge in [0.1, 0.15) is 0 Å². The molecule has 0 radical (unpaired) electrons. The van der Waals surface area contributed by atoms with Crippen LogP contribution in [0.1, 0.15) is 73.1 Å². The van der Waals surface area contributed by atoms with E-state index in [1.54, 1.807) is 0 Å². The fourth-order valence-corrected chi connectivity index (χ4v) is 2.82. The summed E-state index contributed by atoms with van der Waals surface area (Å²) in [7, 11) is 0. The van der Waals surface area contributed by atoms with Gasteiger partial charge in [0.2, 0.25) is 0 Å². The van der Waals surface area contributed by atoms with E-state index in [-0.39, 0.29) is 24.1 Å². The number of hydrogen-bond donors (Lipinski definition) is 1. The molecule has 0 saturated carbocycles. The highest BCUT2D eigenvalue weighted by molar-refractivity contribution is 5.66. The van der Waals surface area contributed by atoms with Crippen LogP contribution in [0, 0.1) is 11.3 Å². The van der Waals surface area contributed by atoms with Gasteiger partial charge in [-0.05, 0) is 43.9 Å². The molecule has 0 saturated heterocycles. The molecule has 0 amide bonds. The van der Waals surface area contributed by atoms with Gasteiger partial charge in [-0.1, -0.05) is 33.6 Å². The Balaban J connectivity index is 4.15. The van der Waals surface area contributed by atoms with Crippen molar-refractivity contribution in [2.24, 2.45) is 11.3 Å². The molecular formula is C16H32O3. The van der Waals surface area contributed by atoms with E-state index in [4.69, 9.17) is 4.74 Å². The number of aliphatic hydroxyl groups is 1. The zero-order valence-corrected chi connectivity index (χ0v) is 13.4. The molecule has 3 nitrogen and oxygen atoms in total. The number of hydrogen-bond acceptors (Lipinski definition) is 3. The highest BCUT2D eigenvalue weighted by Gasteiger charge is 2.28. The Bertz CT molecular complexity index is 242. The topological polar surface area (TPSA) is 46.5 Å². The molecule has 1 N–H and O–H groups in total. The van der Waals surface area contributed by atoms with Gasteiger partial charge in [-0.25, -0.2) is 0 Å². The molecule has 0 aliphatic carbocycles. The number of esters is 1. The minimum atomic E-state index is -0.198. The Labute approximate surface area is 118 Å². The summed E-state index contributed by atoms with van der Waals surface area (Å²) in [5.41, 5.74) is 0.245. The number of carbonyl (C=O) groups excluding carboxylic acids is 1. The summed E-state index contributed by atoms with van der Waals surface area (Å²) in [6, 6.07) is 0. The predicted molar refractivity (Wildman–Crippen MR) is 79.0 cm³/mol. The fraction of sp³-hybridized carbons (Fsp3) is 0.938. The average molecular weight is 272 g/mol. The monoisotopic (exact) mass is 272 g/mol. The number of ether oxygens (including phenoxy) is 1. The largest absolute Gasteiger partial charge is 0.463 e. The first-order chi connectivity index (χ1) is 8.83. The molecule has 2 unspecified atom stereocenters. The lowest BCUT2D eigenvalue weighted by atomic mass is 9.71. The molecule has 0 fully saturated rings. The lowest BCUT2D eigenvalue weighted by Crippen LogP contribution is -2.25. The summed E-state index contributed by atoms with van der Waals surface area (Å²) in [6.45, 7) is 10.5.